The largest absolute Gasteiger partial charge is 0.444 e. The molecular formula is C12H22N4O2. The molecule has 0 fully saturated rings. The van der Waals surface area contributed by atoms with Gasteiger partial charge < -0.3 is 15.4 Å². The fourth-order valence-corrected chi connectivity index (χ4v) is 1.49. The number of likely N-dealkylation sites (N-methyl/N-ethyl adjacent to an activating group) is 1. The van der Waals surface area contributed by atoms with Crippen LogP contribution in [0.4, 0.5) is 10.5 Å². The molecule has 0 radical (unpaired) electrons. The van der Waals surface area contributed by atoms with Crippen molar-refractivity contribution >= 4 is 11.8 Å². The van der Waals surface area contributed by atoms with E-state index in [1.165, 1.54) is 4.90 Å². The van der Waals surface area contributed by atoms with E-state index in [4.69, 9.17) is 10.5 Å². The van der Waals surface area contributed by atoms with Crippen LogP contribution in [0.3, 0.4) is 0 Å². The van der Waals surface area contributed by atoms with Gasteiger partial charge >= 0.3 is 6.09 Å². The topological polar surface area (TPSA) is 73.4 Å². The molecule has 1 heterocycles. The van der Waals surface area contributed by atoms with Crippen LogP contribution >= 0.6 is 0 Å². The van der Waals surface area contributed by atoms with Crippen molar-refractivity contribution in [3.05, 3.63) is 12.4 Å². The van der Waals surface area contributed by atoms with E-state index in [9.17, 15) is 4.79 Å². The normalized spacial score (nSPS) is 13.2. The Morgan fingerprint density at radius 1 is 1.61 bits per heavy atom. The number of anilines is 1. The highest BCUT2D eigenvalue weighted by molar-refractivity contribution is 5.67. The average molecular weight is 254 g/mol. The van der Waals surface area contributed by atoms with Gasteiger partial charge in [-0.05, 0) is 27.7 Å². The van der Waals surface area contributed by atoms with E-state index >= 15 is 0 Å². The predicted octanol–water partition coefficient (Wildman–Crippen LogP) is 1.89. The number of amides is 1. The molecule has 0 bridgehead atoms. The number of carbonyl (C=O) groups is 1. The molecule has 6 nitrogen and oxygen atoms in total. The van der Waals surface area contributed by atoms with E-state index in [-0.39, 0.29) is 12.1 Å². The third kappa shape index (κ3) is 4.27. The Balaban J connectivity index is 2.54. The number of rotatable bonds is 3. The van der Waals surface area contributed by atoms with Gasteiger partial charge in [0.25, 0.3) is 0 Å². The molecule has 1 amide bonds. The molecule has 1 atom stereocenters. The maximum absolute atomic E-state index is 11.8. The summed E-state index contributed by atoms with van der Waals surface area (Å²) in [7, 11) is 1.71. The molecule has 102 valence electrons. The molecule has 0 saturated heterocycles. The molecule has 0 spiro atoms. The van der Waals surface area contributed by atoms with E-state index in [1.54, 1.807) is 24.1 Å². The molecule has 1 unspecified atom stereocenters. The number of hydrogen-bond donors (Lipinski definition) is 1. The second-order valence-corrected chi connectivity index (χ2v) is 5.46. The van der Waals surface area contributed by atoms with Gasteiger partial charge in [-0.2, -0.15) is 5.10 Å². The van der Waals surface area contributed by atoms with E-state index < -0.39 is 5.60 Å². The maximum atomic E-state index is 11.8. The van der Waals surface area contributed by atoms with E-state index in [0.29, 0.717) is 12.2 Å². The van der Waals surface area contributed by atoms with Crippen molar-refractivity contribution in [3.63, 3.8) is 0 Å². The van der Waals surface area contributed by atoms with E-state index in [1.807, 2.05) is 27.7 Å². The van der Waals surface area contributed by atoms with Crippen LogP contribution in [0.15, 0.2) is 12.4 Å². The van der Waals surface area contributed by atoms with E-state index in [2.05, 4.69) is 5.10 Å². The van der Waals surface area contributed by atoms with Gasteiger partial charge in [-0.1, -0.05) is 0 Å². The summed E-state index contributed by atoms with van der Waals surface area (Å²) < 4.78 is 7.01. The van der Waals surface area contributed by atoms with Gasteiger partial charge in [0.2, 0.25) is 0 Å². The van der Waals surface area contributed by atoms with Crippen LogP contribution in [-0.4, -0.2) is 40.0 Å². The first-order chi connectivity index (χ1) is 8.19. The first kappa shape index (κ1) is 14.3. The third-order valence-corrected chi connectivity index (χ3v) is 2.32. The van der Waals surface area contributed by atoms with Gasteiger partial charge in [-0.15, -0.1) is 0 Å². The summed E-state index contributed by atoms with van der Waals surface area (Å²) >= 11 is 0. The Morgan fingerprint density at radius 3 is 2.67 bits per heavy atom. The van der Waals surface area contributed by atoms with Crippen LogP contribution in [-0.2, 0) is 4.74 Å². The predicted molar refractivity (Wildman–Crippen MR) is 70.2 cm³/mol. The number of nitrogens with zero attached hydrogens (tertiary/aromatic N) is 3. The van der Waals surface area contributed by atoms with Crippen LogP contribution in [0.1, 0.15) is 33.7 Å². The minimum atomic E-state index is -0.481. The van der Waals surface area contributed by atoms with Crippen molar-refractivity contribution in [3.8, 4) is 0 Å². The Morgan fingerprint density at radius 2 is 2.22 bits per heavy atom. The van der Waals surface area contributed by atoms with Crippen LogP contribution in [0, 0.1) is 0 Å². The fourth-order valence-electron chi connectivity index (χ4n) is 1.49. The number of carbonyl (C=O) groups excluding carboxylic acids is 1. The Bertz CT molecular complexity index is 408. The molecule has 1 rings (SSSR count). The fraction of sp³-hybridized carbons (Fsp3) is 0.667. The molecule has 0 aliphatic heterocycles. The molecule has 1 aromatic rings. The monoisotopic (exact) mass is 254 g/mol. The number of ether oxygens (including phenoxy) is 1. The number of hydrogen-bond acceptors (Lipinski definition) is 4. The second-order valence-electron chi connectivity index (χ2n) is 5.46. The SMILES string of the molecule is CC(CN(C)C(=O)OC(C)(C)C)n1cc(N)cn1. The first-order valence-corrected chi connectivity index (χ1v) is 5.93. The van der Waals surface area contributed by atoms with Crippen molar-refractivity contribution < 1.29 is 9.53 Å². The van der Waals surface area contributed by atoms with Gasteiger partial charge in [0.05, 0.1) is 17.9 Å². The minimum Gasteiger partial charge on any atom is -0.444 e. The molecule has 18 heavy (non-hydrogen) atoms. The lowest BCUT2D eigenvalue weighted by Gasteiger charge is -2.26. The standard InChI is InChI=1S/C12H22N4O2/c1-9(16-8-10(13)6-14-16)7-15(5)11(17)18-12(2,3)4/h6,8-9H,7,13H2,1-5H3. The lowest BCUT2D eigenvalue weighted by atomic mass is 10.2. The van der Waals surface area contributed by atoms with Crippen LogP contribution < -0.4 is 5.73 Å². The van der Waals surface area contributed by atoms with Crippen molar-refractivity contribution in [2.24, 2.45) is 0 Å². The molecule has 0 aromatic carbocycles. The molecule has 6 heteroatoms. The number of aromatic nitrogens is 2. The van der Waals surface area contributed by atoms with Gasteiger partial charge in [0, 0.05) is 19.8 Å². The highest BCUT2D eigenvalue weighted by atomic mass is 16.6. The average Bonchev–Trinajstić information content (AvgIpc) is 2.62. The smallest absolute Gasteiger partial charge is 0.410 e. The summed E-state index contributed by atoms with van der Waals surface area (Å²) in [5.74, 6) is 0. The molecule has 0 aliphatic rings. The number of nitrogens with two attached hydrogens (primary N) is 1. The quantitative estimate of drug-likeness (QED) is 0.894. The first-order valence-electron chi connectivity index (χ1n) is 5.93. The summed E-state index contributed by atoms with van der Waals surface area (Å²) in [4.78, 5) is 13.3. The van der Waals surface area contributed by atoms with Gasteiger partial charge in [0.1, 0.15) is 5.60 Å². The van der Waals surface area contributed by atoms with Crippen molar-refractivity contribution in [1.82, 2.24) is 14.7 Å². The number of nitrogen functional groups attached to an aromatic ring is 1. The highest BCUT2D eigenvalue weighted by Gasteiger charge is 2.21. The summed E-state index contributed by atoms with van der Waals surface area (Å²) in [5.41, 5.74) is 5.73. The molecular weight excluding hydrogens is 232 g/mol. The summed E-state index contributed by atoms with van der Waals surface area (Å²) in [5, 5.41) is 4.12. The summed E-state index contributed by atoms with van der Waals surface area (Å²) in [6.45, 7) is 8.01. The maximum Gasteiger partial charge on any atom is 0.410 e. The third-order valence-electron chi connectivity index (χ3n) is 2.32. The Labute approximate surface area is 108 Å². The molecule has 1 aromatic heterocycles. The zero-order valence-electron chi connectivity index (χ0n) is 11.7. The Kier molecular flexibility index (Phi) is 4.21. The van der Waals surface area contributed by atoms with Crippen LogP contribution in [0.2, 0.25) is 0 Å². The van der Waals surface area contributed by atoms with Gasteiger partial charge in [-0.3, -0.25) is 4.68 Å². The van der Waals surface area contributed by atoms with Crippen molar-refractivity contribution in [2.75, 3.05) is 19.3 Å². The molecule has 2 N–H and O–H groups in total. The van der Waals surface area contributed by atoms with Gasteiger partial charge in [0.15, 0.2) is 0 Å². The van der Waals surface area contributed by atoms with Crippen molar-refractivity contribution in [2.45, 2.75) is 39.3 Å². The molecule has 0 aliphatic carbocycles. The Hall–Kier alpha value is -1.72. The van der Waals surface area contributed by atoms with Crippen LogP contribution in [0.25, 0.3) is 0 Å². The van der Waals surface area contributed by atoms with E-state index in [0.717, 1.165) is 0 Å². The minimum absolute atomic E-state index is 0.0415. The summed E-state index contributed by atoms with van der Waals surface area (Å²) in [6, 6.07) is 0.0415. The summed E-state index contributed by atoms with van der Waals surface area (Å²) in [6.07, 6.45) is 2.99. The highest BCUT2D eigenvalue weighted by Crippen LogP contribution is 2.12. The second kappa shape index (κ2) is 5.29. The van der Waals surface area contributed by atoms with Crippen LogP contribution in [0.5, 0.6) is 0 Å². The lowest BCUT2D eigenvalue weighted by molar-refractivity contribution is 0.0277. The zero-order valence-corrected chi connectivity index (χ0v) is 11.7. The lowest BCUT2D eigenvalue weighted by Crippen LogP contribution is -2.37. The molecule has 0 saturated carbocycles. The zero-order chi connectivity index (χ0) is 13.9. The van der Waals surface area contributed by atoms with Gasteiger partial charge in [-0.25, -0.2) is 4.79 Å². The van der Waals surface area contributed by atoms with Crippen molar-refractivity contribution in [1.29, 1.82) is 0 Å².